The molecule has 0 aliphatic heterocycles. The highest BCUT2D eigenvalue weighted by Crippen LogP contribution is 2.29. The van der Waals surface area contributed by atoms with Gasteiger partial charge in [0.25, 0.3) is 0 Å². The Bertz CT molecular complexity index is 699. The topological polar surface area (TPSA) is 72.5 Å². The quantitative estimate of drug-likeness (QED) is 0.499. The fourth-order valence-electron chi connectivity index (χ4n) is 1.86. The predicted octanol–water partition coefficient (Wildman–Crippen LogP) is 3.21. The third-order valence-corrected chi connectivity index (χ3v) is 2.98. The Labute approximate surface area is 137 Å². The van der Waals surface area contributed by atoms with E-state index in [-0.39, 0.29) is 25.0 Å². The lowest BCUT2D eigenvalue weighted by Crippen LogP contribution is -2.23. The van der Waals surface area contributed by atoms with Gasteiger partial charge in [-0.15, -0.1) is 0 Å². The number of pyridine rings is 1. The second-order valence-electron chi connectivity index (χ2n) is 4.99. The van der Waals surface area contributed by atoms with Crippen LogP contribution < -0.4 is 15.8 Å². The summed E-state index contributed by atoms with van der Waals surface area (Å²) in [6.45, 7) is 2.35. The molecule has 0 aliphatic carbocycles. The fourth-order valence-corrected chi connectivity index (χ4v) is 1.86. The maximum atomic E-state index is 12.4. The largest absolute Gasteiger partial charge is 0.476 e. The molecule has 2 rings (SSSR count). The van der Waals surface area contributed by atoms with Gasteiger partial charge >= 0.3 is 6.18 Å². The first-order valence-corrected chi connectivity index (χ1v) is 7.14. The van der Waals surface area contributed by atoms with Crippen molar-refractivity contribution in [3.05, 3.63) is 53.7 Å². The Hall–Kier alpha value is -2.77. The highest BCUT2D eigenvalue weighted by molar-refractivity contribution is 5.92. The molecule has 0 unspecified atom stereocenters. The molecular formula is C16H17F3N4O. The minimum absolute atomic E-state index is 0.100. The Morgan fingerprint density at radius 3 is 2.71 bits per heavy atom. The molecule has 0 aliphatic rings. The van der Waals surface area contributed by atoms with Crippen molar-refractivity contribution in [3.63, 3.8) is 0 Å². The summed E-state index contributed by atoms with van der Waals surface area (Å²) in [6, 6.07) is 9.72. The van der Waals surface area contributed by atoms with Crippen LogP contribution in [0.1, 0.15) is 11.1 Å². The molecule has 8 heteroatoms. The van der Waals surface area contributed by atoms with Crippen molar-refractivity contribution in [2.45, 2.75) is 13.1 Å². The molecule has 0 spiro atoms. The van der Waals surface area contributed by atoms with Crippen molar-refractivity contribution in [1.82, 2.24) is 4.98 Å². The Balaban J connectivity index is 1.79. The molecule has 0 bridgehead atoms. The van der Waals surface area contributed by atoms with E-state index >= 15 is 0 Å². The van der Waals surface area contributed by atoms with Crippen molar-refractivity contribution in [1.29, 1.82) is 0 Å². The molecule has 0 fully saturated rings. The number of hydrogen-bond donors (Lipinski definition) is 2. The summed E-state index contributed by atoms with van der Waals surface area (Å²) in [5, 5.41) is 2.94. The number of aromatic nitrogens is 1. The van der Waals surface area contributed by atoms with Crippen LogP contribution in [0.25, 0.3) is 0 Å². The lowest BCUT2D eigenvalue weighted by Gasteiger charge is -2.08. The molecule has 0 amide bonds. The van der Waals surface area contributed by atoms with Gasteiger partial charge in [0.05, 0.1) is 12.1 Å². The first-order chi connectivity index (χ1) is 11.3. The van der Waals surface area contributed by atoms with Crippen molar-refractivity contribution >= 4 is 11.6 Å². The van der Waals surface area contributed by atoms with Crippen LogP contribution in [0.3, 0.4) is 0 Å². The summed E-state index contributed by atoms with van der Waals surface area (Å²) >= 11 is 0. The van der Waals surface area contributed by atoms with E-state index in [2.05, 4.69) is 15.3 Å². The molecule has 0 radical (unpaired) electrons. The fraction of sp³-hybridized carbons (Fsp3) is 0.250. The van der Waals surface area contributed by atoms with E-state index in [1.54, 1.807) is 0 Å². The molecule has 1 heterocycles. The number of benzene rings is 1. The zero-order valence-corrected chi connectivity index (χ0v) is 13.0. The smallest absolute Gasteiger partial charge is 0.417 e. The zero-order chi connectivity index (χ0) is 17.6. The molecule has 24 heavy (non-hydrogen) atoms. The van der Waals surface area contributed by atoms with Gasteiger partial charge in [0.2, 0.25) is 5.88 Å². The molecule has 1 aromatic carbocycles. The lowest BCUT2D eigenvalue weighted by atomic mass is 10.2. The SMILES string of the molecule is Cc1cccc(NC(N)=NCCOc2ccc(C(F)(F)F)cn2)c1. The van der Waals surface area contributed by atoms with Crippen LogP contribution in [-0.2, 0) is 6.18 Å². The number of nitrogens with zero attached hydrogens (tertiary/aromatic N) is 2. The van der Waals surface area contributed by atoms with Crippen LogP contribution in [-0.4, -0.2) is 24.1 Å². The summed E-state index contributed by atoms with van der Waals surface area (Å²) in [5.41, 5.74) is 6.83. The number of ether oxygens (including phenoxy) is 1. The molecule has 128 valence electrons. The molecule has 0 saturated carbocycles. The normalized spacial score (nSPS) is 12.1. The van der Waals surface area contributed by atoms with Gasteiger partial charge in [0.1, 0.15) is 6.61 Å². The van der Waals surface area contributed by atoms with Crippen LogP contribution in [0.4, 0.5) is 18.9 Å². The van der Waals surface area contributed by atoms with E-state index in [1.165, 1.54) is 6.07 Å². The van der Waals surface area contributed by atoms with Gasteiger partial charge in [-0.05, 0) is 30.7 Å². The van der Waals surface area contributed by atoms with E-state index in [0.29, 0.717) is 0 Å². The maximum Gasteiger partial charge on any atom is 0.417 e. The second kappa shape index (κ2) is 7.67. The van der Waals surface area contributed by atoms with Crippen molar-refractivity contribution < 1.29 is 17.9 Å². The third kappa shape index (κ3) is 5.45. The minimum atomic E-state index is -4.41. The molecule has 2 aromatic rings. The number of halogens is 3. The number of rotatable bonds is 5. The van der Waals surface area contributed by atoms with E-state index in [0.717, 1.165) is 23.5 Å². The maximum absolute atomic E-state index is 12.4. The first kappa shape index (κ1) is 17.6. The molecule has 0 saturated heterocycles. The highest BCUT2D eigenvalue weighted by atomic mass is 19.4. The average molecular weight is 338 g/mol. The number of nitrogens with one attached hydrogen (secondary N) is 1. The number of guanidine groups is 1. The zero-order valence-electron chi connectivity index (χ0n) is 13.0. The molecular weight excluding hydrogens is 321 g/mol. The molecule has 5 nitrogen and oxygen atoms in total. The van der Waals surface area contributed by atoms with Gasteiger partial charge in [-0.25, -0.2) is 9.98 Å². The molecule has 3 N–H and O–H groups in total. The summed E-state index contributed by atoms with van der Waals surface area (Å²) in [6.07, 6.45) is -3.68. The van der Waals surface area contributed by atoms with Crippen molar-refractivity contribution in [2.75, 3.05) is 18.5 Å². The number of alkyl halides is 3. The van der Waals surface area contributed by atoms with E-state index in [1.807, 2.05) is 31.2 Å². The molecule has 0 atom stereocenters. The van der Waals surface area contributed by atoms with E-state index in [4.69, 9.17) is 10.5 Å². The van der Waals surface area contributed by atoms with Gasteiger partial charge in [-0.1, -0.05) is 12.1 Å². The Kier molecular flexibility index (Phi) is 5.62. The van der Waals surface area contributed by atoms with Gasteiger partial charge < -0.3 is 15.8 Å². The van der Waals surface area contributed by atoms with Crippen LogP contribution in [0.15, 0.2) is 47.6 Å². The monoisotopic (exact) mass is 338 g/mol. The number of nitrogens with two attached hydrogens (primary N) is 1. The number of aliphatic imine (C=N–C) groups is 1. The summed E-state index contributed by atoms with van der Waals surface area (Å²) < 4.78 is 42.4. The second-order valence-corrected chi connectivity index (χ2v) is 4.99. The molecule has 1 aromatic heterocycles. The Morgan fingerprint density at radius 2 is 2.08 bits per heavy atom. The van der Waals surface area contributed by atoms with E-state index < -0.39 is 11.7 Å². The van der Waals surface area contributed by atoms with Crippen molar-refractivity contribution in [3.8, 4) is 5.88 Å². The van der Waals surface area contributed by atoms with E-state index in [9.17, 15) is 13.2 Å². The lowest BCUT2D eigenvalue weighted by molar-refractivity contribution is -0.137. The van der Waals surface area contributed by atoms with Gasteiger partial charge in [-0.3, -0.25) is 0 Å². The average Bonchev–Trinajstić information content (AvgIpc) is 2.51. The Morgan fingerprint density at radius 1 is 1.29 bits per heavy atom. The number of hydrogen-bond acceptors (Lipinski definition) is 3. The van der Waals surface area contributed by atoms with Crippen LogP contribution in [0.2, 0.25) is 0 Å². The summed E-state index contributed by atoms with van der Waals surface area (Å²) in [7, 11) is 0. The van der Waals surface area contributed by atoms with Gasteiger partial charge in [-0.2, -0.15) is 13.2 Å². The van der Waals surface area contributed by atoms with Crippen LogP contribution >= 0.6 is 0 Å². The minimum Gasteiger partial charge on any atom is -0.476 e. The third-order valence-electron chi connectivity index (χ3n) is 2.98. The van der Waals surface area contributed by atoms with Gasteiger partial charge in [0, 0.05) is 18.0 Å². The van der Waals surface area contributed by atoms with Crippen LogP contribution in [0.5, 0.6) is 5.88 Å². The summed E-state index contributed by atoms with van der Waals surface area (Å²) in [5.74, 6) is 0.327. The standard InChI is InChI=1S/C16H17F3N4O/c1-11-3-2-4-13(9-11)23-15(20)21-7-8-24-14-6-5-12(10-22-14)16(17,18)19/h2-6,9-10H,7-8H2,1H3,(H3,20,21,23). The number of anilines is 1. The first-order valence-electron chi connectivity index (χ1n) is 7.14. The highest BCUT2D eigenvalue weighted by Gasteiger charge is 2.30. The van der Waals surface area contributed by atoms with Crippen molar-refractivity contribution in [2.24, 2.45) is 10.7 Å². The van der Waals surface area contributed by atoms with Crippen LogP contribution in [0, 0.1) is 6.92 Å². The predicted molar refractivity (Wildman–Crippen MR) is 86.0 cm³/mol. The summed E-state index contributed by atoms with van der Waals surface area (Å²) in [4.78, 5) is 7.67. The number of aryl methyl sites for hydroxylation is 1. The van der Waals surface area contributed by atoms with Gasteiger partial charge in [0.15, 0.2) is 5.96 Å².